The zero-order valence-electron chi connectivity index (χ0n) is 14.5. The number of hydrogen-bond acceptors (Lipinski definition) is 2. The van der Waals surface area contributed by atoms with Crippen LogP contribution in [0.15, 0.2) is 0 Å². The highest BCUT2D eigenvalue weighted by Gasteiger charge is 2.41. The van der Waals surface area contributed by atoms with Gasteiger partial charge in [-0.15, -0.1) is 0 Å². The fourth-order valence-corrected chi connectivity index (χ4v) is 3.70. The molecule has 1 aliphatic carbocycles. The largest absolute Gasteiger partial charge is 0.377 e. The normalized spacial score (nSPS) is 28.8. The fourth-order valence-electron chi connectivity index (χ4n) is 3.70. The third-order valence-electron chi connectivity index (χ3n) is 5.53. The van der Waals surface area contributed by atoms with Crippen molar-refractivity contribution in [2.45, 2.75) is 90.7 Å². The second-order valence-corrected chi connectivity index (χ2v) is 6.88. The number of rotatable bonds is 9. The van der Waals surface area contributed by atoms with Crippen molar-refractivity contribution in [3.05, 3.63) is 0 Å². The van der Waals surface area contributed by atoms with Crippen LogP contribution >= 0.6 is 0 Å². The molecule has 1 unspecified atom stereocenters. The summed E-state index contributed by atoms with van der Waals surface area (Å²) in [5.41, 5.74) is 0.0876. The third-order valence-corrected chi connectivity index (χ3v) is 5.53. The quantitative estimate of drug-likeness (QED) is 0.658. The molecule has 0 amide bonds. The molecule has 0 radical (unpaired) electrons. The highest BCUT2D eigenvalue weighted by molar-refractivity contribution is 4.97. The third kappa shape index (κ3) is 4.73. The minimum absolute atomic E-state index is 0.0876. The van der Waals surface area contributed by atoms with E-state index in [1.54, 1.807) is 0 Å². The van der Waals surface area contributed by atoms with Crippen LogP contribution in [-0.4, -0.2) is 25.3 Å². The molecule has 0 aromatic rings. The molecule has 0 spiro atoms. The van der Waals surface area contributed by atoms with Crippen LogP contribution in [0.1, 0.15) is 79.1 Å². The summed E-state index contributed by atoms with van der Waals surface area (Å²) in [4.78, 5) is 0. The van der Waals surface area contributed by atoms with Gasteiger partial charge in [-0.05, 0) is 56.9 Å². The first-order valence-electron chi connectivity index (χ1n) is 8.90. The van der Waals surface area contributed by atoms with Crippen LogP contribution in [0.5, 0.6) is 0 Å². The molecule has 1 rings (SSSR count). The molecule has 1 atom stereocenters. The second kappa shape index (κ2) is 9.04. The number of methoxy groups -OCH3 is 1. The Kier molecular flexibility index (Phi) is 8.13. The molecule has 1 N–H and O–H groups in total. The molecule has 1 saturated carbocycles. The van der Waals surface area contributed by atoms with Crippen LogP contribution < -0.4 is 5.32 Å². The van der Waals surface area contributed by atoms with Gasteiger partial charge in [0.15, 0.2) is 0 Å². The molecule has 2 heteroatoms. The maximum absolute atomic E-state index is 6.11. The summed E-state index contributed by atoms with van der Waals surface area (Å²) < 4.78 is 6.11. The van der Waals surface area contributed by atoms with E-state index in [9.17, 15) is 0 Å². The van der Waals surface area contributed by atoms with Crippen molar-refractivity contribution in [1.29, 1.82) is 0 Å². The molecule has 0 aromatic carbocycles. The van der Waals surface area contributed by atoms with Gasteiger partial charge in [0.2, 0.25) is 0 Å². The van der Waals surface area contributed by atoms with Crippen LogP contribution in [0.25, 0.3) is 0 Å². The molecule has 20 heavy (non-hydrogen) atoms. The maximum atomic E-state index is 6.11. The van der Waals surface area contributed by atoms with Crippen molar-refractivity contribution in [3.63, 3.8) is 0 Å². The molecule has 0 bridgehead atoms. The van der Waals surface area contributed by atoms with Crippen molar-refractivity contribution in [2.75, 3.05) is 13.7 Å². The predicted molar refractivity (Wildman–Crippen MR) is 88.1 cm³/mol. The van der Waals surface area contributed by atoms with Gasteiger partial charge in [-0.3, -0.25) is 0 Å². The summed E-state index contributed by atoms with van der Waals surface area (Å²) in [6, 6.07) is 0.532. The summed E-state index contributed by atoms with van der Waals surface area (Å²) >= 11 is 0. The zero-order chi connectivity index (χ0) is 15.0. The lowest BCUT2D eigenvalue weighted by atomic mass is 9.72. The van der Waals surface area contributed by atoms with Gasteiger partial charge in [-0.25, -0.2) is 0 Å². The lowest BCUT2D eigenvalue weighted by molar-refractivity contribution is -0.0797. The Labute approximate surface area is 127 Å². The standard InChI is InChI=1S/C18H37NO/c1-6-13-19-17(14-16(7-2)8-3)18(20-5)11-9-15(4)10-12-18/h15-17,19H,6-14H2,1-5H3. The van der Waals surface area contributed by atoms with Crippen LogP contribution in [0, 0.1) is 11.8 Å². The van der Waals surface area contributed by atoms with E-state index in [1.165, 1.54) is 51.4 Å². The van der Waals surface area contributed by atoms with E-state index in [0.717, 1.165) is 18.4 Å². The van der Waals surface area contributed by atoms with Crippen molar-refractivity contribution in [2.24, 2.45) is 11.8 Å². The topological polar surface area (TPSA) is 21.3 Å². The van der Waals surface area contributed by atoms with Crippen molar-refractivity contribution >= 4 is 0 Å². The first-order valence-corrected chi connectivity index (χ1v) is 8.90. The van der Waals surface area contributed by atoms with Gasteiger partial charge in [0.1, 0.15) is 0 Å². The van der Waals surface area contributed by atoms with E-state index in [4.69, 9.17) is 4.74 Å². The maximum Gasteiger partial charge on any atom is 0.0831 e. The average molecular weight is 284 g/mol. The molecular formula is C18H37NO. The summed E-state index contributed by atoms with van der Waals surface area (Å²) in [5, 5.41) is 3.82. The molecule has 0 heterocycles. The zero-order valence-corrected chi connectivity index (χ0v) is 14.5. The van der Waals surface area contributed by atoms with E-state index in [0.29, 0.717) is 6.04 Å². The number of ether oxygens (including phenoxy) is 1. The molecule has 0 aliphatic heterocycles. The van der Waals surface area contributed by atoms with Crippen molar-refractivity contribution < 1.29 is 4.74 Å². The monoisotopic (exact) mass is 283 g/mol. The molecule has 0 aromatic heterocycles. The molecule has 120 valence electrons. The van der Waals surface area contributed by atoms with Crippen LogP contribution in [0.2, 0.25) is 0 Å². The van der Waals surface area contributed by atoms with E-state index in [2.05, 4.69) is 33.0 Å². The Morgan fingerprint density at radius 2 is 1.75 bits per heavy atom. The Bertz CT molecular complexity index is 242. The highest BCUT2D eigenvalue weighted by atomic mass is 16.5. The van der Waals surface area contributed by atoms with Crippen molar-refractivity contribution in [1.82, 2.24) is 5.32 Å². The van der Waals surface area contributed by atoms with Crippen LogP contribution in [-0.2, 0) is 4.74 Å². The SMILES string of the molecule is CCCNC(CC(CC)CC)C1(OC)CCC(C)CC1. The Balaban J connectivity index is 2.76. The van der Waals surface area contributed by atoms with Crippen molar-refractivity contribution in [3.8, 4) is 0 Å². The highest BCUT2D eigenvalue weighted by Crippen LogP contribution is 2.39. The van der Waals surface area contributed by atoms with E-state index < -0.39 is 0 Å². The molecular weight excluding hydrogens is 246 g/mol. The summed E-state index contributed by atoms with van der Waals surface area (Å²) in [7, 11) is 1.93. The van der Waals surface area contributed by atoms with E-state index >= 15 is 0 Å². The minimum atomic E-state index is 0.0876. The number of hydrogen-bond donors (Lipinski definition) is 1. The Morgan fingerprint density at radius 1 is 1.15 bits per heavy atom. The van der Waals surface area contributed by atoms with E-state index in [1.807, 2.05) is 7.11 Å². The fraction of sp³-hybridized carbons (Fsp3) is 1.00. The van der Waals surface area contributed by atoms with Gasteiger partial charge in [-0.1, -0.05) is 40.5 Å². The van der Waals surface area contributed by atoms with Crippen LogP contribution in [0.3, 0.4) is 0 Å². The molecule has 2 nitrogen and oxygen atoms in total. The van der Waals surface area contributed by atoms with Gasteiger partial charge < -0.3 is 10.1 Å². The predicted octanol–water partition coefficient (Wildman–Crippen LogP) is 4.78. The average Bonchev–Trinajstić information content (AvgIpc) is 2.49. The van der Waals surface area contributed by atoms with Gasteiger partial charge in [0, 0.05) is 13.2 Å². The second-order valence-electron chi connectivity index (χ2n) is 6.88. The number of nitrogens with one attached hydrogen (secondary N) is 1. The Hall–Kier alpha value is -0.0800. The van der Waals surface area contributed by atoms with Gasteiger partial charge in [0.25, 0.3) is 0 Å². The minimum Gasteiger partial charge on any atom is -0.377 e. The lowest BCUT2D eigenvalue weighted by Crippen LogP contribution is -2.54. The molecule has 1 aliphatic rings. The van der Waals surface area contributed by atoms with E-state index in [-0.39, 0.29) is 5.60 Å². The summed E-state index contributed by atoms with van der Waals surface area (Å²) in [5.74, 6) is 1.70. The summed E-state index contributed by atoms with van der Waals surface area (Å²) in [6.07, 6.45) is 10.2. The van der Waals surface area contributed by atoms with Gasteiger partial charge in [0.05, 0.1) is 5.60 Å². The van der Waals surface area contributed by atoms with Gasteiger partial charge in [-0.2, -0.15) is 0 Å². The lowest BCUT2D eigenvalue weighted by Gasteiger charge is -2.45. The smallest absolute Gasteiger partial charge is 0.0831 e. The van der Waals surface area contributed by atoms with Gasteiger partial charge >= 0.3 is 0 Å². The van der Waals surface area contributed by atoms with Crippen LogP contribution in [0.4, 0.5) is 0 Å². The first-order chi connectivity index (χ1) is 9.61. The first kappa shape index (κ1) is 18.0. The summed E-state index contributed by atoms with van der Waals surface area (Å²) in [6.45, 7) is 10.4. The Morgan fingerprint density at radius 3 is 2.20 bits per heavy atom. The molecule has 1 fully saturated rings. The molecule has 0 saturated heterocycles.